The van der Waals surface area contributed by atoms with Gasteiger partial charge in [-0.05, 0) is 47.5 Å². The highest BCUT2D eigenvalue weighted by atomic mass is 35.5. The first kappa shape index (κ1) is 25.4. The van der Waals surface area contributed by atoms with Crippen LogP contribution < -0.4 is 9.64 Å². The van der Waals surface area contributed by atoms with Gasteiger partial charge in [0.15, 0.2) is 17.3 Å². The Hall–Kier alpha value is -4.55. The average Bonchev–Trinajstić information content (AvgIpc) is 3.43. The van der Waals surface area contributed by atoms with Crippen LogP contribution in [0.15, 0.2) is 97.1 Å². The van der Waals surface area contributed by atoms with Crippen molar-refractivity contribution in [2.75, 3.05) is 12.0 Å². The van der Waals surface area contributed by atoms with Gasteiger partial charge in [0.25, 0.3) is 0 Å². The fourth-order valence-corrected chi connectivity index (χ4v) is 7.15. The lowest BCUT2D eigenvalue weighted by Gasteiger charge is -2.37. The molecule has 0 bridgehead atoms. The zero-order valence-electron chi connectivity index (χ0n) is 21.9. The number of carbonyl (C=O) groups is 3. The van der Waals surface area contributed by atoms with E-state index in [1.54, 1.807) is 91.0 Å². The summed E-state index contributed by atoms with van der Waals surface area (Å²) in [5.41, 5.74) is 0.620. The van der Waals surface area contributed by atoms with Crippen molar-refractivity contribution in [3.05, 3.63) is 136 Å². The number of fused-ring (bicyclic) bond motifs is 5. The van der Waals surface area contributed by atoms with Crippen molar-refractivity contribution in [1.82, 2.24) is 0 Å². The van der Waals surface area contributed by atoms with Gasteiger partial charge in [-0.1, -0.05) is 78.4 Å². The molecule has 1 aliphatic carbocycles. The van der Waals surface area contributed by atoms with Crippen LogP contribution in [0.25, 0.3) is 6.08 Å². The molecule has 0 unspecified atom stereocenters. The number of halogens is 2. The average molecular weight is 564 g/mol. The number of hydrogen-bond acceptors (Lipinski definition) is 5. The van der Waals surface area contributed by atoms with Crippen LogP contribution in [0.4, 0.5) is 10.1 Å². The summed E-state index contributed by atoms with van der Waals surface area (Å²) in [5, 5.41) is 0.502. The molecule has 2 heterocycles. The van der Waals surface area contributed by atoms with E-state index in [1.165, 1.54) is 13.2 Å². The quantitative estimate of drug-likeness (QED) is 0.202. The van der Waals surface area contributed by atoms with Gasteiger partial charge >= 0.3 is 0 Å². The number of hydrogen-bond donors (Lipinski definition) is 0. The molecule has 3 atom stereocenters. The largest absolute Gasteiger partial charge is 0.497 e. The van der Waals surface area contributed by atoms with Gasteiger partial charge in [-0.15, -0.1) is 0 Å². The van der Waals surface area contributed by atoms with Crippen LogP contribution in [-0.4, -0.2) is 36.5 Å². The summed E-state index contributed by atoms with van der Waals surface area (Å²) in [6, 6.07) is 22.8. The second-order valence-corrected chi connectivity index (χ2v) is 11.0. The smallest absolute Gasteiger partial charge is 0.186 e. The van der Waals surface area contributed by atoms with E-state index in [2.05, 4.69) is 0 Å². The third-order valence-electron chi connectivity index (χ3n) is 8.63. The van der Waals surface area contributed by atoms with Crippen LogP contribution in [0.2, 0.25) is 5.02 Å². The van der Waals surface area contributed by atoms with Crippen molar-refractivity contribution >= 4 is 40.7 Å². The molecule has 1 fully saturated rings. The highest BCUT2D eigenvalue weighted by Crippen LogP contribution is 2.61. The van der Waals surface area contributed by atoms with Crippen molar-refractivity contribution in [2.45, 2.75) is 18.0 Å². The van der Waals surface area contributed by atoms with Gasteiger partial charge in [-0.25, -0.2) is 4.39 Å². The van der Waals surface area contributed by atoms with E-state index in [4.69, 9.17) is 16.3 Å². The Morgan fingerprint density at radius 3 is 2.32 bits per heavy atom. The van der Waals surface area contributed by atoms with Gasteiger partial charge in [0.2, 0.25) is 0 Å². The SMILES string of the molecule is COc1cccc(C(=O)[C@@H]2[C@H](c3ccccc3F)C3(C(=O)c4ccccc4C3=O)[C@@H]3C=Cc4cc(Cl)ccc4N23)c1. The second-order valence-electron chi connectivity index (χ2n) is 10.5. The minimum Gasteiger partial charge on any atom is -0.497 e. The molecule has 0 saturated carbocycles. The summed E-state index contributed by atoms with van der Waals surface area (Å²) in [4.78, 5) is 45.7. The Balaban J connectivity index is 1.56. The molecule has 0 radical (unpaired) electrons. The molecular weight excluding hydrogens is 541 g/mol. The maximum Gasteiger partial charge on any atom is 0.186 e. The number of benzene rings is 4. The molecular formula is C34H23ClFNO4. The lowest BCUT2D eigenvalue weighted by molar-refractivity contribution is 0.0664. The van der Waals surface area contributed by atoms with Gasteiger partial charge in [0, 0.05) is 33.3 Å². The number of carbonyl (C=O) groups excluding carboxylic acids is 3. The summed E-state index contributed by atoms with van der Waals surface area (Å²) in [6.45, 7) is 0. The van der Waals surface area contributed by atoms with Gasteiger partial charge in [-0.2, -0.15) is 0 Å². The molecule has 4 aromatic carbocycles. The van der Waals surface area contributed by atoms with Crippen molar-refractivity contribution in [2.24, 2.45) is 5.41 Å². The number of rotatable bonds is 4. The summed E-state index contributed by atoms with van der Waals surface area (Å²) in [6.07, 6.45) is 3.61. The van der Waals surface area contributed by atoms with E-state index in [1.807, 2.05) is 11.0 Å². The summed E-state index contributed by atoms with van der Waals surface area (Å²) < 4.78 is 21.2. The van der Waals surface area contributed by atoms with Crippen molar-refractivity contribution in [3.63, 3.8) is 0 Å². The summed E-state index contributed by atoms with van der Waals surface area (Å²) in [7, 11) is 1.51. The molecule has 7 heteroatoms. The lowest BCUT2D eigenvalue weighted by Crippen LogP contribution is -2.48. The van der Waals surface area contributed by atoms with E-state index in [-0.39, 0.29) is 22.5 Å². The predicted octanol–water partition coefficient (Wildman–Crippen LogP) is 6.80. The number of anilines is 1. The van der Waals surface area contributed by atoms with E-state index >= 15 is 4.39 Å². The topological polar surface area (TPSA) is 63.7 Å². The molecule has 0 amide bonds. The standard InChI is InChI=1S/C34H23ClFNO4/c1-41-22-8-6-7-20(18-22)31(38)30-29(25-11-4-5-12-26(25)36)34(32(39)23-9-2-3-10-24(23)33(34)40)28-16-13-19-17-21(35)14-15-27(19)37(28)30/h2-18,28-30H,1H3/t28-,29-,30-/m0/s1. The molecule has 202 valence electrons. The van der Waals surface area contributed by atoms with E-state index < -0.39 is 40.8 Å². The molecule has 0 N–H and O–H groups in total. The predicted molar refractivity (Wildman–Crippen MR) is 155 cm³/mol. The van der Waals surface area contributed by atoms with Gasteiger partial charge in [-0.3, -0.25) is 14.4 Å². The Bertz CT molecular complexity index is 1780. The summed E-state index contributed by atoms with van der Waals surface area (Å²) in [5.74, 6) is -2.42. The maximum absolute atomic E-state index is 15.8. The highest BCUT2D eigenvalue weighted by Gasteiger charge is 2.71. The van der Waals surface area contributed by atoms with Crippen molar-refractivity contribution in [1.29, 1.82) is 0 Å². The van der Waals surface area contributed by atoms with Crippen LogP contribution in [0.1, 0.15) is 48.1 Å². The molecule has 2 aliphatic heterocycles. The van der Waals surface area contributed by atoms with E-state index in [0.29, 0.717) is 22.0 Å². The fourth-order valence-electron chi connectivity index (χ4n) is 6.97. The number of nitrogens with zero attached hydrogens (tertiary/aromatic N) is 1. The van der Waals surface area contributed by atoms with Crippen LogP contribution in [0.5, 0.6) is 5.75 Å². The van der Waals surface area contributed by atoms with Gasteiger partial charge in [0.05, 0.1) is 13.2 Å². The van der Waals surface area contributed by atoms with E-state index in [9.17, 15) is 14.4 Å². The maximum atomic E-state index is 15.8. The molecule has 3 aliphatic rings. The van der Waals surface area contributed by atoms with Crippen molar-refractivity contribution < 1.29 is 23.5 Å². The third-order valence-corrected chi connectivity index (χ3v) is 8.86. The number of methoxy groups -OCH3 is 1. The monoisotopic (exact) mass is 563 g/mol. The first-order valence-corrected chi connectivity index (χ1v) is 13.6. The molecule has 7 rings (SSSR count). The van der Waals surface area contributed by atoms with Crippen LogP contribution >= 0.6 is 11.6 Å². The minimum atomic E-state index is -1.78. The number of Topliss-reactive ketones (excluding diaryl/α,β-unsaturated/α-hetero) is 3. The Kier molecular flexibility index (Phi) is 5.73. The summed E-state index contributed by atoms with van der Waals surface area (Å²) >= 11 is 6.33. The first-order chi connectivity index (χ1) is 19.9. The number of ketones is 3. The van der Waals surface area contributed by atoms with E-state index in [0.717, 1.165) is 5.56 Å². The first-order valence-electron chi connectivity index (χ1n) is 13.3. The molecule has 1 spiro atoms. The zero-order valence-corrected chi connectivity index (χ0v) is 22.6. The van der Waals surface area contributed by atoms with Crippen LogP contribution in [-0.2, 0) is 0 Å². The third kappa shape index (κ3) is 3.44. The Morgan fingerprint density at radius 1 is 0.902 bits per heavy atom. The molecule has 4 aromatic rings. The lowest BCUT2D eigenvalue weighted by atomic mass is 9.64. The fraction of sp³-hybridized carbons (Fsp3) is 0.147. The normalized spacial score (nSPS) is 21.5. The highest BCUT2D eigenvalue weighted by molar-refractivity contribution is 6.32. The van der Waals surface area contributed by atoms with Gasteiger partial charge in [0.1, 0.15) is 23.0 Å². The Morgan fingerprint density at radius 2 is 1.61 bits per heavy atom. The van der Waals surface area contributed by atoms with Gasteiger partial charge < -0.3 is 9.64 Å². The molecule has 5 nitrogen and oxygen atoms in total. The van der Waals surface area contributed by atoms with Crippen LogP contribution in [0, 0.1) is 11.2 Å². The molecule has 0 aromatic heterocycles. The molecule has 1 saturated heterocycles. The van der Waals surface area contributed by atoms with Crippen LogP contribution in [0.3, 0.4) is 0 Å². The zero-order chi connectivity index (χ0) is 28.5. The molecule has 41 heavy (non-hydrogen) atoms. The number of ether oxygens (including phenoxy) is 1. The Labute approximate surface area is 240 Å². The van der Waals surface area contributed by atoms with Crippen molar-refractivity contribution in [3.8, 4) is 5.75 Å². The minimum absolute atomic E-state index is 0.140. The second kappa shape index (κ2) is 9.25.